The maximum absolute atomic E-state index is 14.5. The lowest BCUT2D eigenvalue weighted by atomic mass is 10.0. The van der Waals surface area contributed by atoms with Crippen molar-refractivity contribution in [3.63, 3.8) is 0 Å². The first-order valence-corrected chi connectivity index (χ1v) is 12.5. The minimum atomic E-state index is -0.309. The molecule has 0 radical (unpaired) electrons. The van der Waals surface area contributed by atoms with Crippen molar-refractivity contribution in [1.29, 1.82) is 0 Å². The fourth-order valence-electron chi connectivity index (χ4n) is 5.23. The Morgan fingerprint density at radius 1 is 0.838 bits per heavy atom. The predicted molar refractivity (Wildman–Crippen MR) is 142 cm³/mol. The Kier molecular flexibility index (Phi) is 5.25. The Bertz CT molecular complexity index is 1750. The number of fused-ring (bicyclic) bond motifs is 2. The summed E-state index contributed by atoms with van der Waals surface area (Å²) in [6.45, 7) is 3.23. The van der Waals surface area contributed by atoms with Gasteiger partial charge in [-0.1, -0.05) is 24.3 Å². The number of aromatic nitrogens is 6. The number of nitrogens with zero attached hydrogens (tertiary/aromatic N) is 5. The summed E-state index contributed by atoms with van der Waals surface area (Å²) in [5.74, 6) is 0.293. The van der Waals surface area contributed by atoms with Gasteiger partial charge in [0.2, 0.25) is 0 Å². The zero-order valence-corrected chi connectivity index (χ0v) is 20.1. The van der Waals surface area contributed by atoms with Crippen molar-refractivity contribution in [2.45, 2.75) is 19.4 Å². The Labute approximate surface area is 212 Å². The normalized spacial score (nSPS) is 14.2. The van der Waals surface area contributed by atoms with Crippen LogP contribution in [0.15, 0.2) is 73.3 Å². The Morgan fingerprint density at radius 3 is 2.59 bits per heavy atom. The molecule has 1 saturated heterocycles. The molecule has 8 heteroatoms. The molecule has 2 N–H and O–H groups in total. The van der Waals surface area contributed by atoms with Crippen molar-refractivity contribution in [3.8, 4) is 33.8 Å². The Hall–Kier alpha value is -4.43. The molecule has 6 aromatic rings. The molecule has 0 unspecified atom stereocenters. The van der Waals surface area contributed by atoms with Crippen LogP contribution in [0.5, 0.6) is 0 Å². The van der Waals surface area contributed by atoms with Gasteiger partial charge in [-0.15, -0.1) is 0 Å². The van der Waals surface area contributed by atoms with E-state index in [2.05, 4.69) is 48.2 Å². The predicted octanol–water partition coefficient (Wildman–Crippen LogP) is 5.97. The number of nitrogens with one attached hydrogen (secondary N) is 2. The van der Waals surface area contributed by atoms with Gasteiger partial charge in [0.1, 0.15) is 17.0 Å². The molecule has 0 saturated carbocycles. The average molecular weight is 490 g/mol. The Morgan fingerprint density at radius 2 is 1.70 bits per heavy atom. The quantitative estimate of drug-likeness (QED) is 0.312. The van der Waals surface area contributed by atoms with Crippen LogP contribution in [-0.4, -0.2) is 48.1 Å². The van der Waals surface area contributed by atoms with Gasteiger partial charge >= 0.3 is 0 Å². The third kappa shape index (κ3) is 3.95. The minimum absolute atomic E-state index is 0.309. The smallest absolute Gasteiger partial charge is 0.159 e. The van der Waals surface area contributed by atoms with Gasteiger partial charge < -0.3 is 4.98 Å². The summed E-state index contributed by atoms with van der Waals surface area (Å²) >= 11 is 0. The van der Waals surface area contributed by atoms with Gasteiger partial charge in [0.05, 0.1) is 17.2 Å². The van der Waals surface area contributed by atoms with Crippen LogP contribution in [0.1, 0.15) is 18.4 Å². The summed E-state index contributed by atoms with van der Waals surface area (Å²) in [5, 5.41) is 8.63. The van der Waals surface area contributed by atoms with E-state index in [4.69, 9.17) is 4.98 Å². The van der Waals surface area contributed by atoms with Crippen LogP contribution in [0.3, 0.4) is 0 Å². The molecule has 0 amide bonds. The van der Waals surface area contributed by atoms with E-state index in [0.717, 1.165) is 47.2 Å². The number of aromatic amines is 2. The van der Waals surface area contributed by atoms with Crippen molar-refractivity contribution in [3.05, 3.63) is 84.7 Å². The lowest BCUT2D eigenvalue weighted by molar-refractivity contribution is 0.331. The molecule has 1 aliphatic heterocycles. The molecule has 7 rings (SSSR count). The first kappa shape index (κ1) is 21.8. The number of halogens is 1. The highest BCUT2D eigenvalue weighted by molar-refractivity contribution is 5.98. The molecule has 2 aromatic carbocycles. The van der Waals surface area contributed by atoms with Crippen LogP contribution >= 0.6 is 0 Å². The molecule has 1 aliphatic rings. The van der Waals surface area contributed by atoms with Crippen LogP contribution in [0.25, 0.3) is 55.7 Å². The molecule has 5 heterocycles. The second-order valence-corrected chi connectivity index (χ2v) is 9.55. The zero-order chi connectivity index (χ0) is 24.8. The second kappa shape index (κ2) is 8.90. The Balaban J connectivity index is 1.29. The van der Waals surface area contributed by atoms with Crippen molar-refractivity contribution in [2.75, 3.05) is 13.1 Å². The van der Waals surface area contributed by atoms with Crippen LogP contribution in [0.4, 0.5) is 4.39 Å². The maximum atomic E-state index is 14.5. The number of benzene rings is 2. The largest absolute Gasteiger partial charge is 0.335 e. The highest BCUT2D eigenvalue weighted by Gasteiger charge is 2.18. The molecule has 37 heavy (non-hydrogen) atoms. The van der Waals surface area contributed by atoms with E-state index in [1.807, 2.05) is 24.5 Å². The van der Waals surface area contributed by atoms with E-state index in [1.54, 1.807) is 24.5 Å². The van der Waals surface area contributed by atoms with Gasteiger partial charge in [0, 0.05) is 47.2 Å². The SMILES string of the molecule is Fc1ccccc1-c1cncc2[nH]c(-c3n[nH]c4ccc(-c5cncc(CN6CCCC6)c5)cc34)nc12. The van der Waals surface area contributed by atoms with Gasteiger partial charge in [0.15, 0.2) is 5.82 Å². The summed E-state index contributed by atoms with van der Waals surface area (Å²) < 4.78 is 14.5. The number of rotatable bonds is 5. The van der Waals surface area contributed by atoms with Crippen LogP contribution in [0.2, 0.25) is 0 Å². The fraction of sp³-hybridized carbons (Fsp3) is 0.172. The van der Waals surface area contributed by atoms with E-state index in [1.165, 1.54) is 24.5 Å². The van der Waals surface area contributed by atoms with Crippen LogP contribution in [-0.2, 0) is 6.54 Å². The van der Waals surface area contributed by atoms with Crippen LogP contribution < -0.4 is 0 Å². The molecule has 0 atom stereocenters. The van der Waals surface area contributed by atoms with E-state index in [9.17, 15) is 4.39 Å². The molecular formula is C29H24FN7. The van der Waals surface area contributed by atoms with E-state index in [0.29, 0.717) is 28.2 Å². The number of likely N-dealkylation sites (tertiary alicyclic amines) is 1. The lowest BCUT2D eigenvalue weighted by Gasteiger charge is -2.14. The van der Waals surface area contributed by atoms with Gasteiger partial charge in [-0.25, -0.2) is 9.37 Å². The second-order valence-electron chi connectivity index (χ2n) is 9.55. The van der Waals surface area contributed by atoms with Gasteiger partial charge in [0.25, 0.3) is 0 Å². The molecule has 1 fully saturated rings. The average Bonchev–Trinajstić information content (AvgIpc) is 3.68. The third-order valence-corrected chi connectivity index (χ3v) is 7.08. The zero-order valence-electron chi connectivity index (χ0n) is 20.1. The molecule has 4 aromatic heterocycles. The maximum Gasteiger partial charge on any atom is 0.159 e. The summed E-state index contributed by atoms with van der Waals surface area (Å²) in [4.78, 5) is 19.5. The highest BCUT2D eigenvalue weighted by atomic mass is 19.1. The highest BCUT2D eigenvalue weighted by Crippen LogP contribution is 2.33. The van der Waals surface area contributed by atoms with Crippen molar-refractivity contribution in [1.82, 2.24) is 35.0 Å². The number of pyridine rings is 2. The van der Waals surface area contributed by atoms with Crippen molar-refractivity contribution in [2.24, 2.45) is 0 Å². The van der Waals surface area contributed by atoms with Gasteiger partial charge in [-0.3, -0.25) is 20.0 Å². The number of imidazole rings is 1. The van der Waals surface area contributed by atoms with Crippen molar-refractivity contribution >= 4 is 21.9 Å². The third-order valence-electron chi connectivity index (χ3n) is 7.08. The number of hydrogen-bond donors (Lipinski definition) is 2. The topological polar surface area (TPSA) is 86.4 Å². The summed E-state index contributed by atoms with van der Waals surface area (Å²) in [5.41, 5.74) is 7.45. The standard InChI is InChI=1S/C29H24FN7/c30-24-6-2-1-5-21(24)23-15-32-16-26-27(23)34-29(33-26)28-22-12-19(7-8-25(22)35-36-28)20-11-18(13-31-14-20)17-37-9-3-4-10-37/h1-2,5-8,11-16H,3-4,9-10,17H2,(H,33,34)(H,35,36). The van der Waals surface area contributed by atoms with E-state index in [-0.39, 0.29) is 5.82 Å². The monoisotopic (exact) mass is 489 g/mol. The molecule has 0 bridgehead atoms. The first-order chi connectivity index (χ1) is 18.2. The lowest BCUT2D eigenvalue weighted by Crippen LogP contribution is -2.18. The molecule has 182 valence electrons. The summed E-state index contributed by atoms with van der Waals surface area (Å²) in [7, 11) is 0. The molecule has 0 aliphatic carbocycles. The summed E-state index contributed by atoms with van der Waals surface area (Å²) in [6.07, 6.45) is 9.75. The van der Waals surface area contributed by atoms with E-state index >= 15 is 0 Å². The van der Waals surface area contributed by atoms with Crippen molar-refractivity contribution < 1.29 is 4.39 Å². The molecular weight excluding hydrogens is 465 g/mol. The molecule has 0 spiro atoms. The first-order valence-electron chi connectivity index (χ1n) is 12.5. The van der Waals surface area contributed by atoms with E-state index < -0.39 is 0 Å². The molecule has 7 nitrogen and oxygen atoms in total. The fourth-order valence-corrected chi connectivity index (χ4v) is 5.23. The van der Waals surface area contributed by atoms with Gasteiger partial charge in [-0.05, 0) is 61.3 Å². The summed E-state index contributed by atoms with van der Waals surface area (Å²) in [6, 6.07) is 15.1. The number of hydrogen-bond acceptors (Lipinski definition) is 5. The minimum Gasteiger partial charge on any atom is -0.335 e. The number of H-pyrrole nitrogens is 2. The van der Waals surface area contributed by atoms with Gasteiger partial charge in [-0.2, -0.15) is 5.10 Å². The van der Waals surface area contributed by atoms with Crippen LogP contribution in [0, 0.1) is 5.82 Å².